The van der Waals surface area contributed by atoms with Crippen molar-refractivity contribution in [1.29, 1.82) is 0 Å². The van der Waals surface area contributed by atoms with E-state index in [1.165, 1.54) is 12.1 Å². The van der Waals surface area contributed by atoms with Crippen LogP contribution >= 0.6 is 0 Å². The Kier molecular flexibility index (Phi) is 6.83. The highest BCUT2D eigenvalue weighted by Crippen LogP contribution is 2.40. The SMILES string of the molecule is CC(C)COc1cc(F)cc(-c2ccc(C(=O)NS(=O)(=O)C3CC3)c(N3CCC(C)C3(C)C)n2)c1. The summed E-state index contributed by atoms with van der Waals surface area (Å²) in [6, 6.07) is 7.64. The van der Waals surface area contributed by atoms with E-state index in [-0.39, 0.29) is 17.0 Å². The molecule has 1 amide bonds. The van der Waals surface area contributed by atoms with E-state index in [9.17, 15) is 17.6 Å². The second kappa shape index (κ2) is 9.41. The number of nitrogens with zero attached hydrogens (tertiary/aromatic N) is 2. The molecule has 2 heterocycles. The molecule has 1 N–H and O–H groups in total. The van der Waals surface area contributed by atoms with E-state index in [0.29, 0.717) is 54.7 Å². The van der Waals surface area contributed by atoms with Gasteiger partial charge in [0.2, 0.25) is 10.0 Å². The van der Waals surface area contributed by atoms with Crippen LogP contribution in [0.25, 0.3) is 11.3 Å². The number of amides is 1. The van der Waals surface area contributed by atoms with Crippen LogP contribution in [-0.4, -0.2) is 43.2 Å². The van der Waals surface area contributed by atoms with E-state index in [1.54, 1.807) is 18.2 Å². The number of hydrogen-bond acceptors (Lipinski definition) is 6. The van der Waals surface area contributed by atoms with Gasteiger partial charge in [-0.2, -0.15) is 0 Å². The van der Waals surface area contributed by atoms with Crippen LogP contribution in [0.15, 0.2) is 30.3 Å². The maximum Gasteiger partial charge on any atom is 0.268 e. The molecule has 190 valence electrons. The third kappa shape index (κ3) is 5.44. The number of carbonyl (C=O) groups is 1. The summed E-state index contributed by atoms with van der Waals surface area (Å²) in [6.45, 7) is 11.5. The molecule has 2 fully saturated rings. The van der Waals surface area contributed by atoms with Crippen LogP contribution < -0.4 is 14.4 Å². The molecule has 1 saturated heterocycles. The summed E-state index contributed by atoms with van der Waals surface area (Å²) in [7, 11) is -3.71. The Hall–Kier alpha value is -2.68. The lowest BCUT2D eigenvalue weighted by molar-refractivity contribution is 0.0981. The molecule has 9 heteroatoms. The van der Waals surface area contributed by atoms with Crippen molar-refractivity contribution in [2.45, 2.75) is 64.7 Å². The number of ether oxygens (including phenoxy) is 1. The van der Waals surface area contributed by atoms with Crippen molar-refractivity contribution in [3.63, 3.8) is 0 Å². The molecular formula is C26H34FN3O4S. The van der Waals surface area contributed by atoms with Gasteiger partial charge in [0.1, 0.15) is 17.4 Å². The Morgan fingerprint density at radius 3 is 2.54 bits per heavy atom. The fourth-order valence-corrected chi connectivity index (χ4v) is 5.60. The molecule has 1 saturated carbocycles. The number of sulfonamides is 1. The van der Waals surface area contributed by atoms with Crippen LogP contribution in [0, 0.1) is 17.7 Å². The first-order valence-electron chi connectivity index (χ1n) is 12.2. The number of pyridine rings is 1. The molecule has 0 spiro atoms. The number of halogens is 1. The van der Waals surface area contributed by atoms with E-state index < -0.39 is 27.0 Å². The second-order valence-electron chi connectivity index (χ2n) is 10.6. The molecule has 4 rings (SSSR count). The number of anilines is 1. The number of carbonyl (C=O) groups excluding carboxylic acids is 1. The highest BCUT2D eigenvalue weighted by Gasteiger charge is 2.42. The number of rotatable bonds is 8. The molecule has 1 unspecified atom stereocenters. The van der Waals surface area contributed by atoms with E-state index in [0.717, 1.165) is 6.42 Å². The van der Waals surface area contributed by atoms with Crippen molar-refractivity contribution in [3.8, 4) is 17.0 Å². The summed E-state index contributed by atoms with van der Waals surface area (Å²) in [4.78, 5) is 20.0. The van der Waals surface area contributed by atoms with Gasteiger partial charge in [-0.3, -0.25) is 4.79 Å². The minimum atomic E-state index is -3.71. The Labute approximate surface area is 207 Å². The van der Waals surface area contributed by atoms with Gasteiger partial charge in [0.15, 0.2) is 0 Å². The average Bonchev–Trinajstić information content (AvgIpc) is 3.59. The van der Waals surface area contributed by atoms with Crippen molar-refractivity contribution >= 4 is 21.7 Å². The van der Waals surface area contributed by atoms with E-state index in [2.05, 4.69) is 30.4 Å². The standard InChI is InChI=1S/C26H34FN3O4S/c1-16(2)15-34-20-13-18(12-19(27)14-20)23-9-8-22(25(31)29-35(32,33)21-6-7-21)24(28-23)30-11-10-17(3)26(30,4)5/h8-9,12-14,16-17,21H,6-7,10-11,15H2,1-5H3,(H,29,31). The summed E-state index contributed by atoms with van der Waals surface area (Å²) in [5, 5.41) is -0.512. The lowest BCUT2D eigenvalue weighted by Gasteiger charge is -2.36. The van der Waals surface area contributed by atoms with Gasteiger partial charge < -0.3 is 9.64 Å². The molecule has 1 atom stereocenters. The third-order valence-electron chi connectivity index (χ3n) is 7.01. The van der Waals surface area contributed by atoms with Crippen molar-refractivity contribution in [1.82, 2.24) is 9.71 Å². The largest absolute Gasteiger partial charge is 0.493 e. The van der Waals surface area contributed by atoms with Gasteiger partial charge in [-0.15, -0.1) is 0 Å². The predicted octanol–water partition coefficient (Wildman–Crippen LogP) is 4.77. The topological polar surface area (TPSA) is 88.6 Å². The molecular weight excluding hydrogens is 469 g/mol. The Morgan fingerprint density at radius 2 is 1.94 bits per heavy atom. The smallest absolute Gasteiger partial charge is 0.268 e. The molecule has 2 aliphatic rings. The zero-order valence-corrected chi connectivity index (χ0v) is 21.8. The maximum absolute atomic E-state index is 14.4. The maximum atomic E-state index is 14.4. The lowest BCUT2D eigenvalue weighted by Crippen LogP contribution is -2.44. The fraction of sp³-hybridized carbons (Fsp3) is 0.538. The first-order valence-corrected chi connectivity index (χ1v) is 13.7. The van der Waals surface area contributed by atoms with Gasteiger partial charge >= 0.3 is 0 Å². The zero-order valence-electron chi connectivity index (χ0n) is 21.0. The van der Waals surface area contributed by atoms with Gasteiger partial charge in [0.05, 0.1) is 23.1 Å². The summed E-state index contributed by atoms with van der Waals surface area (Å²) < 4.78 is 47.3. The van der Waals surface area contributed by atoms with Crippen molar-refractivity contribution in [2.75, 3.05) is 18.1 Å². The van der Waals surface area contributed by atoms with Gasteiger partial charge in [-0.25, -0.2) is 22.5 Å². The summed E-state index contributed by atoms with van der Waals surface area (Å²) >= 11 is 0. The average molecular weight is 504 g/mol. The molecule has 0 bridgehead atoms. The minimum Gasteiger partial charge on any atom is -0.493 e. The molecule has 1 aromatic carbocycles. The van der Waals surface area contributed by atoms with E-state index in [1.807, 2.05) is 13.8 Å². The monoisotopic (exact) mass is 503 g/mol. The molecule has 2 aromatic rings. The van der Waals surface area contributed by atoms with Gasteiger partial charge in [-0.05, 0) is 69.2 Å². The summed E-state index contributed by atoms with van der Waals surface area (Å²) in [6.07, 6.45) is 2.03. The summed E-state index contributed by atoms with van der Waals surface area (Å²) in [5.41, 5.74) is 0.884. The molecule has 1 aliphatic carbocycles. The van der Waals surface area contributed by atoms with Crippen LogP contribution in [-0.2, 0) is 10.0 Å². The van der Waals surface area contributed by atoms with E-state index in [4.69, 9.17) is 9.72 Å². The number of nitrogens with one attached hydrogen (secondary N) is 1. The zero-order chi connectivity index (χ0) is 25.5. The molecule has 1 aromatic heterocycles. The van der Waals surface area contributed by atoms with Crippen LogP contribution in [0.3, 0.4) is 0 Å². The molecule has 1 aliphatic heterocycles. The van der Waals surface area contributed by atoms with Crippen LogP contribution in [0.5, 0.6) is 5.75 Å². The van der Waals surface area contributed by atoms with Crippen molar-refractivity contribution < 1.29 is 22.3 Å². The highest BCUT2D eigenvalue weighted by atomic mass is 32.2. The normalized spacial score (nSPS) is 19.7. The summed E-state index contributed by atoms with van der Waals surface area (Å²) in [5.74, 6) is 0.289. The minimum absolute atomic E-state index is 0.188. The molecule has 0 radical (unpaired) electrons. The Bertz CT molecular complexity index is 1230. The van der Waals surface area contributed by atoms with Gasteiger partial charge in [0.25, 0.3) is 5.91 Å². The molecule has 7 nitrogen and oxygen atoms in total. The van der Waals surface area contributed by atoms with Crippen molar-refractivity contribution in [3.05, 3.63) is 41.7 Å². The predicted molar refractivity (Wildman–Crippen MR) is 135 cm³/mol. The first kappa shape index (κ1) is 25.4. The van der Waals surface area contributed by atoms with Crippen LogP contribution in [0.4, 0.5) is 10.2 Å². The number of aromatic nitrogens is 1. The van der Waals surface area contributed by atoms with Crippen LogP contribution in [0.1, 0.15) is 64.2 Å². The van der Waals surface area contributed by atoms with E-state index >= 15 is 0 Å². The third-order valence-corrected chi connectivity index (χ3v) is 8.83. The second-order valence-corrected chi connectivity index (χ2v) is 12.6. The quantitative estimate of drug-likeness (QED) is 0.558. The Morgan fingerprint density at radius 1 is 1.23 bits per heavy atom. The fourth-order valence-electron chi connectivity index (χ4n) is 4.30. The van der Waals surface area contributed by atoms with Crippen molar-refractivity contribution in [2.24, 2.45) is 11.8 Å². The Balaban J connectivity index is 1.75. The number of hydrogen-bond donors (Lipinski definition) is 1. The molecule has 35 heavy (non-hydrogen) atoms. The lowest BCUT2D eigenvalue weighted by atomic mass is 9.90. The van der Waals surface area contributed by atoms with Gasteiger partial charge in [-0.1, -0.05) is 20.8 Å². The first-order chi connectivity index (χ1) is 16.4. The van der Waals surface area contributed by atoms with Gasteiger partial charge in [0, 0.05) is 23.7 Å². The van der Waals surface area contributed by atoms with Crippen LogP contribution in [0.2, 0.25) is 0 Å². The highest BCUT2D eigenvalue weighted by molar-refractivity contribution is 7.91. The number of benzene rings is 1.